The van der Waals surface area contributed by atoms with E-state index in [-0.39, 0.29) is 12.2 Å². The van der Waals surface area contributed by atoms with Crippen molar-refractivity contribution in [2.75, 3.05) is 0 Å². The summed E-state index contributed by atoms with van der Waals surface area (Å²) in [5.41, 5.74) is 1.71. The lowest BCUT2D eigenvalue weighted by Gasteiger charge is -2.06. The molecule has 0 spiro atoms. The molecule has 0 aliphatic carbocycles. The Balaban J connectivity index is 2.45. The average molecular weight is 338 g/mol. The van der Waals surface area contributed by atoms with Gasteiger partial charge in [-0.2, -0.15) is 5.26 Å². The van der Waals surface area contributed by atoms with E-state index in [9.17, 15) is 4.79 Å². The molecule has 3 nitrogen and oxygen atoms in total. The minimum absolute atomic E-state index is 0.149. The van der Waals surface area contributed by atoms with Crippen LogP contribution in [0.2, 0.25) is 5.02 Å². The molecule has 0 aliphatic heterocycles. The molecule has 0 radical (unpaired) electrons. The average Bonchev–Trinajstić information content (AvgIpc) is 2.65. The maximum atomic E-state index is 12.4. The molecule has 0 saturated heterocycles. The number of hydrogen-bond acceptors (Lipinski definition) is 2. The number of rotatable bonds is 3. The zero-order chi connectivity index (χ0) is 14.0. The number of carbonyl (C=O) groups is 1. The SMILES string of the molecule is Cn1c(CC#N)cc(Cl)c1C(=O)c1ccc(Br)cc1. The van der Waals surface area contributed by atoms with Crippen molar-refractivity contribution in [3.63, 3.8) is 0 Å². The fourth-order valence-corrected chi connectivity index (χ4v) is 2.47. The first kappa shape index (κ1) is 13.9. The van der Waals surface area contributed by atoms with E-state index in [0.29, 0.717) is 16.3 Å². The first-order valence-electron chi connectivity index (χ1n) is 5.56. The third kappa shape index (κ3) is 2.73. The van der Waals surface area contributed by atoms with Crippen LogP contribution in [0.4, 0.5) is 0 Å². The maximum absolute atomic E-state index is 12.4. The number of nitrogens with zero attached hydrogens (tertiary/aromatic N) is 2. The van der Waals surface area contributed by atoms with Gasteiger partial charge in [0.25, 0.3) is 0 Å². The second-order valence-corrected chi connectivity index (χ2v) is 5.39. The summed E-state index contributed by atoms with van der Waals surface area (Å²) in [6, 6.07) is 10.8. The smallest absolute Gasteiger partial charge is 0.210 e. The Morgan fingerprint density at radius 1 is 1.42 bits per heavy atom. The molecule has 2 rings (SSSR count). The highest BCUT2D eigenvalue weighted by Crippen LogP contribution is 2.24. The molecule has 0 N–H and O–H groups in total. The molecular weight excluding hydrogens is 328 g/mol. The van der Waals surface area contributed by atoms with Crippen LogP contribution in [0.25, 0.3) is 0 Å². The molecule has 0 atom stereocenters. The lowest BCUT2D eigenvalue weighted by molar-refractivity contribution is 0.103. The van der Waals surface area contributed by atoms with Crippen molar-refractivity contribution in [2.24, 2.45) is 7.05 Å². The van der Waals surface area contributed by atoms with Crippen molar-refractivity contribution < 1.29 is 4.79 Å². The second kappa shape index (κ2) is 5.60. The lowest BCUT2D eigenvalue weighted by Crippen LogP contribution is -2.09. The number of hydrogen-bond donors (Lipinski definition) is 0. The van der Waals surface area contributed by atoms with E-state index in [2.05, 4.69) is 22.0 Å². The lowest BCUT2D eigenvalue weighted by atomic mass is 10.1. The maximum Gasteiger partial charge on any atom is 0.210 e. The monoisotopic (exact) mass is 336 g/mol. The summed E-state index contributed by atoms with van der Waals surface area (Å²) < 4.78 is 2.59. The summed E-state index contributed by atoms with van der Waals surface area (Å²) in [5, 5.41) is 9.11. The van der Waals surface area contributed by atoms with Crippen LogP contribution in [0, 0.1) is 11.3 Å². The molecule has 0 amide bonds. The molecule has 0 unspecified atom stereocenters. The van der Waals surface area contributed by atoms with E-state index >= 15 is 0 Å². The van der Waals surface area contributed by atoms with Crippen LogP contribution < -0.4 is 0 Å². The van der Waals surface area contributed by atoms with Crippen molar-refractivity contribution in [1.82, 2.24) is 4.57 Å². The van der Waals surface area contributed by atoms with Crippen LogP contribution in [0.3, 0.4) is 0 Å². The molecule has 0 fully saturated rings. The zero-order valence-electron chi connectivity index (χ0n) is 10.2. The molecule has 1 aromatic carbocycles. The van der Waals surface area contributed by atoms with Gasteiger partial charge in [0.15, 0.2) is 0 Å². The molecule has 0 bridgehead atoms. The van der Waals surface area contributed by atoms with E-state index < -0.39 is 0 Å². The standard InChI is InChI=1S/C14H10BrClN2O/c1-18-11(6-7-17)8-12(16)13(18)14(19)9-2-4-10(15)5-3-9/h2-5,8H,6H2,1H3. The summed E-state index contributed by atoms with van der Waals surface area (Å²) in [6.07, 6.45) is 0.226. The van der Waals surface area contributed by atoms with Crippen molar-refractivity contribution in [3.05, 3.63) is 56.8 Å². The zero-order valence-corrected chi connectivity index (χ0v) is 12.5. The first-order valence-corrected chi connectivity index (χ1v) is 6.73. The molecule has 1 aromatic heterocycles. The van der Waals surface area contributed by atoms with Crippen molar-refractivity contribution >= 4 is 33.3 Å². The van der Waals surface area contributed by atoms with Crippen LogP contribution in [0.5, 0.6) is 0 Å². The Labute approximate surface area is 124 Å². The third-order valence-corrected chi connectivity index (χ3v) is 3.68. The molecule has 19 heavy (non-hydrogen) atoms. The normalized spacial score (nSPS) is 10.2. The summed E-state index contributed by atoms with van der Waals surface area (Å²) in [5.74, 6) is -0.149. The molecule has 1 heterocycles. The Bertz CT molecular complexity index is 668. The van der Waals surface area contributed by atoms with Gasteiger partial charge in [-0.15, -0.1) is 0 Å². The quantitative estimate of drug-likeness (QED) is 0.801. The summed E-state index contributed by atoms with van der Waals surface area (Å²) in [6.45, 7) is 0. The van der Waals surface area contributed by atoms with Crippen LogP contribution in [-0.4, -0.2) is 10.4 Å². The molecule has 0 aliphatic rings. The highest BCUT2D eigenvalue weighted by Gasteiger charge is 2.19. The fourth-order valence-electron chi connectivity index (χ4n) is 1.86. The van der Waals surface area contributed by atoms with E-state index in [1.165, 1.54) is 0 Å². The van der Waals surface area contributed by atoms with E-state index in [4.69, 9.17) is 16.9 Å². The predicted molar refractivity (Wildman–Crippen MR) is 77.3 cm³/mol. The van der Waals surface area contributed by atoms with Crippen LogP contribution in [0.15, 0.2) is 34.8 Å². The van der Waals surface area contributed by atoms with Crippen LogP contribution in [-0.2, 0) is 13.5 Å². The van der Waals surface area contributed by atoms with Gasteiger partial charge in [-0.25, -0.2) is 0 Å². The van der Waals surface area contributed by atoms with Gasteiger partial charge in [0, 0.05) is 22.8 Å². The highest BCUT2D eigenvalue weighted by molar-refractivity contribution is 9.10. The number of ketones is 1. The van der Waals surface area contributed by atoms with Gasteiger partial charge in [-0.1, -0.05) is 27.5 Å². The van der Waals surface area contributed by atoms with Crippen LogP contribution >= 0.6 is 27.5 Å². The van der Waals surface area contributed by atoms with Crippen molar-refractivity contribution in [1.29, 1.82) is 5.26 Å². The Hall–Kier alpha value is -1.57. The Kier molecular flexibility index (Phi) is 4.08. The van der Waals surface area contributed by atoms with Gasteiger partial charge in [-0.05, 0) is 30.3 Å². The number of carbonyl (C=O) groups excluding carboxylic acids is 1. The fraction of sp³-hybridized carbons (Fsp3) is 0.143. The van der Waals surface area contributed by atoms with Crippen LogP contribution in [0.1, 0.15) is 21.7 Å². The molecule has 5 heteroatoms. The molecular formula is C14H10BrClN2O. The number of nitriles is 1. The first-order chi connectivity index (χ1) is 9.04. The topological polar surface area (TPSA) is 45.8 Å². The Morgan fingerprint density at radius 3 is 2.63 bits per heavy atom. The number of aromatic nitrogens is 1. The number of benzene rings is 1. The number of halogens is 2. The van der Waals surface area contributed by atoms with Crippen molar-refractivity contribution in [3.8, 4) is 6.07 Å². The van der Waals surface area contributed by atoms with Gasteiger partial charge in [0.2, 0.25) is 5.78 Å². The van der Waals surface area contributed by atoms with Gasteiger partial charge >= 0.3 is 0 Å². The molecule has 0 saturated carbocycles. The minimum atomic E-state index is -0.149. The van der Waals surface area contributed by atoms with Gasteiger partial charge < -0.3 is 4.57 Å². The minimum Gasteiger partial charge on any atom is -0.343 e. The van der Waals surface area contributed by atoms with Gasteiger partial charge in [0.1, 0.15) is 5.69 Å². The summed E-state index contributed by atoms with van der Waals surface area (Å²) in [4.78, 5) is 12.4. The predicted octanol–water partition coefficient (Wildman–Crippen LogP) is 3.74. The summed E-state index contributed by atoms with van der Waals surface area (Å²) >= 11 is 9.43. The van der Waals surface area contributed by atoms with E-state index in [1.807, 2.05) is 0 Å². The molecule has 96 valence electrons. The Morgan fingerprint density at radius 2 is 2.05 bits per heavy atom. The van der Waals surface area contributed by atoms with Crippen molar-refractivity contribution in [2.45, 2.75) is 6.42 Å². The third-order valence-electron chi connectivity index (χ3n) is 2.87. The summed E-state index contributed by atoms with van der Waals surface area (Å²) in [7, 11) is 1.74. The molecule has 2 aromatic rings. The second-order valence-electron chi connectivity index (χ2n) is 4.06. The highest BCUT2D eigenvalue weighted by atomic mass is 79.9. The van der Waals surface area contributed by atoms with Gasteiger partial charge in [-0.3, -0.25) is 4.79 Å². The largest absolute Gasteiger partial charge is 0.343 e. The van der Waals surface area contributed by atoms with Gasteiger partial charge in [0.05, 0.1) is 17.5 Å². The van der Waals surface area contributed by atoms with E-state index in [0.717, 1.165) is 10.2 Å². The van der Waals surface area contributed by atoms with E-state index in [1.54, 1.807) is 41.9 Å².